The minimum Gasteiger partial charge on any atom is -0.366 e. The Balaban J connectivity index is 2.16. The van der Waals surface area contributed by atoms with Crippen LogP contribution in [0, 0.1) is 0 Å². The smallest absolute Gasteiger partial charge is 0.246 e. The molecular formula is C13H26N2O2. The predicted molar refractivity (Wildman–Crippen MR) is 69.0 cm³/mol. The highest BCUT2D eigenvalue weighted by Gasteiger charge is 2.17. The minimum absolute atomic E-state index is 0.0216. The van der Waals surface area contributed by atoms with Gasteiger partial charge in [-0.25, -0.2) is 0 Å². The van der Waals surface area contributed by atoms with Crippen molar-refractivity contribution in [2.24, 2.45) is 0 Å². The molecule has 0 saturated carbocycles. The van der Waals surface area contributed by atoms with Crippen molar-refractivity contribution >= 4 is 5.91 Å². The van der Waals surface area contributed by atoms with Gasteiger partial charge >= 0.3 is 0 Å². The van der Waals surface area contributed by atoms with Gasteiger partial charge in [0.15, 0.2) is 0 Å². The van der Waals surface area contributed by atoms with E-state index in [0.717, 1.165) is 6.54 Å². The second-order valence-electron chi connectivity index (χ2n) is 5.88. The van der Waals surface area contributed by atoms with Gasteiger partial charge in [0.2, 0.25) is 5.91 Å². The molecule has 1 saturated heterocycles. The molecule has 0 radical (unpaired) electrons. The largest absolute Gasteiger partial charge is 0.366 e. The Kier molecular flexibility index (Phi) is 5.40. The van der Waals surface area contributed by atoms with E-state index < -0.39 is 0 Å². The average Bonchev–Trinajstić information content (AvgIpc) is 2.66. The van der Waals surface area contributed by atoms with Gasteiger partial charge in [0, 0.05) is 12.6 Å². The third-order valence-corrected chi connectivity index (χ3v) is 2.77. The van der Waals surface area contributed by atoms with Crippen LogP contribution in [0.4, 0.5) is 0 Å². The minimum atomic E-state index is -0.254. The average molecular weight is 242 g/mol. The lowest BCUT2D eigenvalue weighted by atomic mass is 10.2. The van der Waals surface area contributed by atoms with Crippen LogP contribution in [0.1, 0.15) is 40.5 Å². The van der Waals surface area contributed by atoms with E-state index in [4.69, 9.17) is 4.74 Å². The molecule has 1 rings (SSSR count). The standard InChI is InChI=1S/C13H26N2O2/c1-11(9-15-7-5-6-8-15)14-12(16)10-17-13(2,3)4/h11H,5-10H2,1-4H3,(H,14,16). The van der Waals surface area contributed by atoms with E-state index >= 15 is 0 Å². The zero-order chi connectivity index (χ0) is 12.9. The first-order chi connectivity index (χ1) is 7.87. The quantitative estimate of drug-likeness (QED) is 0.792. The van der Waals surface area contributed by atoms with Crippen molar-refractivity contribution in [3.8, 4) is 0 Å². The Bertz CT molecular complexity index is 242. The third kappa shape index (κ3) is 6.64. The Morgan fingerprint density at radius 3 is 2.47 bits per heavy atom. The number of nitrogens with one attached hydrogen (secondary N) is 1. The SMILES string of the molecule is CC(CN1CCCC1)NC(=O)COC(C)(C)C. The lowest BCUT2D eigenvalue weighted by molar-refractivity contribution is -0.131. The Hall–Kier alpha value is -0.610. The van der Waals surface area contributed by atoms with Crippen LogP contribution in [0.5, 0.6) is 0 Å². The Morgan fingerprint density at radius 1 is 1.35 bits per heavy atom. The number of rotatable bonds is 5. The van der Waals surface area contributed by atoms with Crippen molar-refractivity contribution in [1.29, 1.82) is 0 Å². The van der Waals surface area contributed by atoms with Crippen LogP contribution in [0.25, 0.3) is 0 Å². The van der Waals surface area contributed by atoms with Crippen molar-refractivity contribution < 1.29 is 9.53 Å². The summed E-state index contributed by atoms with van der Waals surface area (Å²) in [5.74, 6) is -0.0216. The predicted octanol–water partition coefficient (Wildman–Crippen LogP) is 1.40. The first-order valence-corrected chi connectivity index (χ1v) is 6.52. The number of nitrogens with zero attached hydrogens (tertiary/aromatic N) is 1. The normalized spacial score (nSPS) is 19.3. The van der Waals surface area contributed by atoms with E-state index in [1.807, 2.05) is 27.7 Å². The Morgan fingerprint density at radius 2 is 1.94 bits per heavy atom. The summed E-state index contributed by atoms with van der Waals surface area (Å²) in [6, 6.07) is 0.198. The van der Waals surface area contributed by atoms with Crippen molar-refractivity contribution in [3.05, 3.63) is 0 Å². The van der Waals surface area contributed by atoms with Gasteiger partial charge < -0.3 is 15.0 Å². The summed E-state index contributed by atoms with van der Waals surface area (Å²) in [6.45, 7) is 11.3. The number of likely N-dealkylation sites (tertiary alicyclic amines) is 1. The van der Waals surface area contributed by atoms with Crippen molar-refractivity contribution in [2.75, 3.05) is 26.2 Å². The molecule has 100 valence electrons. The number of carbonyl (C=O) groups is 1. The van der Waals surface area contributed by atoms with E-state index in [1.165, 1.54) is 25.9 Å². The van der Waals surface area contributed by atoms with Gasteiger partial charge in [0.1, 0.15) is 6.61 Å². The van der Waals surface area contributed by atoms with Crippen LogP contribution in [0.2, 0.25) is 0 Å². The second-order valence-corrected chi connectivity index (χ2v) is 5.88. The number of hydrogen-bond donors (Lipinski definition) is 1. The van der Waals surface area contributed by atoms with Crippen molar-refractivity contribution in [3.63, 3.8) is 0 Å². The van der Waals surface area contributed by atoms with Crippen LogP contribution in [-0.4, -0.2) is 48.7 Å². The zero-order valence-corrected chi connectivity index (χ0v) is 11.6. The fourth-order valence-electron chi connectivity index (χ4n) is 2.00. The molecular weight excluding hydrogens is 216 g/mol. The maximum atomic E-state index is 11.6. The molecule has 0 spiro atoms. The van der Waals surface area contributed by atoms with Crippen molar-refractivity contribution in [2.45, 2.75) is 52.2 Å². The van der Waals surface area contributed by atoms with Gasteiger partial charge in [-0.1, -0.05) is 0 Å². The summed E-state index contributed by atoms with van der Waals surface area (Å²) in [5.41, 5.74) is -0.254. The highest BCUT2D eigenvalue weighted by Crippen LogP contribution is 2.08. The van der Waals surface area contributed by atoms with Crippen LogP contribution >= 0.6 is 0 Å². The highest BCUT2D eigenvalue weighted by molar-refractivity contribution is 5.77. The van der Waals surface area contributed by atoms with Crippen LogP contribution in [0.15, 0.2) is 0 Å². The third-order valence-electron chi connectivity index (χ3n) is 2.77. The van der Waals surface area contributed by atoms with Crippen LogP contribution < -0.4 is 5.32 Å². The molecule has 17 heavy (non-hydrogen) atoms. The summed E-state index contributed by atoms with van der Waals surface area (Å²) in [4.78, 5) is 14.0. The molecule has 0 bridgehead atoms. The zero-order valence-electron chi connectivity index (χ0n) is 11.6. The number of hydrogen-bond acceptors (Lipinski definition) is 3. The summed E-state index contributed by atoms with van der Waals surface area (Å²) in [5, 5.41) is 2.97. The molecule has 0 aromatic heterocycles. The van der Waals surface area contributed by atoms with E-state index in [9.17, 15) is 4.79 Å². The molecule has 1 amide bonds. The molecule has 4 nitrogen and oxygen atoms in total. The van der Waals surface area contributed by atoms with E-state index in [-0.39, 0.29) is 24.2 Å². The number of ether oxygens (including phenoxy) is 1. The molecule has 0 aromatic rings. The van der Waals surface area contributed by atoms with Crippen LogP contribution in [-0.2, 0) is 9.53 Å². The fraction of sp³-hybridized carbons (Fsp3) is 0.923. The first-order valence-electron chi connectivity index (χ1n) is 6.52. The number of amides is 1. The first kappa shape index (κ1) is 14.5. The summed E-state index contributed by atoms with van der Waals surface area (Å²) in [6.07, 6.45) is 2.57. The van der Waals surface area contributed by atoms with Gasteiger partial charge in [-0.2, -0.15) is 0 Å². The summed E-state index contributed by atoms with van der Waals surface area (Å²) in [7, 11) is 0. The molecule has 0 aliphatic carbocycles. The molecule has 1 aliphatic rings. The second kappa shape index (κ2) is 6.36. The molecule has 1 atom stereocenters. The molecule has 1 heterocycles. The summed E-state index contributed by atoms with van der Waals surface area (Å²) < 4.78 is 5.44. The van der Waals surface area contributed by atoms with Crippen molar-refractivity contribution in [1.82, 2.24) is 10.2 Å². The molecule has 4 heteroatoms. The number of carbonyl (C=O) groups excluding carboxylic acids is 1. The van der Waals surface area contributed by atoms with Gasteiger partial charge in [0.05, 0.1) is 5.60 Å². The lowest BCUT2D eigenvalue weighted by Crippen LogP contribution is -2.43. The maximum Gasteiger partial charge on any atom is 0.246 e. The van der Waals surface area contributed by atoms with E-state index in [1.54, 1.807) is 0 Å². The van der Waals surface area contributed by atoms with Gasteiger partial charge in [-0.05, 0) is 53.6 Å². The van der Waals surface area contributed by atoms with E-state index in [0.29, 0.717) is 0 Å². The van der Waals surface area contributed by atoms with Gasteiger partial charge in [0.25, 0.3) is 0 Å². The van der Waals surface area contributed by atoms with Crippen LogP contribution in [0.3, 0.4) is 0 Å². The summed E-state index contributed by atoms with van der Waals surface area (Å²) >= 11 is 0. The highest BCUT2D eigenvalue weighted by atomic mass is 16.5. The fourth-order valence-corrected chi connectivity index (χ4v) is 2.00. The van der Waals surface area contributed by atoms with Gasteiger partial charge in [-0.15, -0.1) is 0 Å². The Labute approximate surface area is 105 Å². The molecule has 1 unspecified atom stereocenters. The molecule has 1 N–H and O–H groups in total. The molecule has 0 aromatic carbocycles. The maximum absolute atomic E-state index is 11.6. The van der Waals surface area contributed by atoms with Gasteiger partial charge in [-0.3, -0.25) is 4.79 Å². The topological polar surface area (TPSA) is 41.6 Å². The molecule has 1 aliphatic heterocycles. The monoisotopic (exact) mass is 242 g/mol. The lowest BCUT2D eigenvalue weighted by Gasteiger charge is -2.23. The van der Waals surface area contributed by atoms with E-state index in [2.05, 4.69) is 10.2 Å². The molecule has 1 fully saturated rings.